The van der Waals surface area contributed by atoms with Gasteiger partial charge in [-0.1, -0.05) is 0 Å². The number of likely N-dealkylation sites (tertiary alicyclic amines) is 2. The predicted molar refractivity (Wildman–Crippen MR) is 87.0 cm³/mol. The average Bonchev–Trinajstić information content (AvgIpc) is 3.20. The van der Waals surface area contributed by atoms with Gasteiger partial charge in [-0.25, -0.2) is 9.78 Å². The first kappa shape index (κ1) is 19.5. The van der Waals surface area contributed by atoms with E-state index < -0.39 is 23.9 Å². The molecule has 1 spiro atoms. The molecule has 1 aromatic heterocycles. The summed E-state index contributed by atoms with van der Waals surface area (Å²) in [6.45, 7) is 3.56. The second-order valence-electron chi connectivity index (χ2n) is 7.11. The number of ether oxygens (including phenoxy) is 1. The van der Waals surface area contributed by atoms with Crippen LogP contribution in [0.25, 0.3) is 0 Å². The van der Waals surface area contributed by atoms with Gasteiger partial charge in [0.05, 0.1) is 5.69 Å². The van der Waals surface area contributed by atoms with Crippen LogP contribution in [0.2, 0.25) is 0 Å². The number of alkyl halides is 3. The van der Waals surface area contributed by atoms with E-state index in [2.05, 4.69) is 9.72 Å². The van der Waals surface area contributed by atoms with Gasteiger partial charge in [0.25, 0.3) is 5.91 Å². The van der Waals surface area contributed by atoms with Gasteiger partial charge in [-0.15, -0.1) is 0 Å². The van der Waals surface area contributed by atoms with Crippen molar-refractivity contribution < 1.29 is 31.9 Å². The fraction of sp³-hybridized carbons (Fsp3) is 0.706. The molecular formula is C17H22F3N3O4. The standard InChI is InChI=1S/C17H22F3N3O4/c1-11-13(26-10-21-11)14(24)23-7-3-4-16(23)5-8-22(9-6-16)15(25)27-12(2)17(18,19)20/h10,12H,3-9H2,1-2H3. The molecule has 7 nitrogen and oxygen atoms in total. The lowest BCUT2D eigenvalue weighted by Crippen LogP contribution is -2.55. The van der Waals surface area contributed by atoms with Crippen molar-refractivity contribution in [1.29, 1.82) is 0 Å². The Morgan fingerprint density at radius 1 is 1.26 bits per heavy atom. The molecule has 1 aromatic rings. The molecule has 0 aliphatic carbocycles. The lowest BCUT2D eigenvalue weighted by molar-refractivity contribution is -0.200. The highest BCUT2D eigenvalue weighted by Gasteiger charge is 2.48. The Morgan fingerprint density at radius 2 is 1.93 bits per heavy atom. The Bertz CT molecular complexity index is 711. The van der Waals surface area contributed by atoms with Crippen LogP contribution in [0.1, 0.15) is 48.9 Å². The van der Waals surface area contributed by atoms with Gasteiger partial charge in [-0.2, -0.15) is 13.2 Å². The van der Waals surface area contributed by atoms with Gasteiger partial charge in [0.2, 0.25) is 5.76 Å². The van der Waals surface area contributed by atoms with Crippen molar-refractivity contribution in [2.45, 2.75) is 57.3 Å². The fourth-order valence-corrected chi connectivity index (χ4v) is 3.80. The summed E-state index contributed by atoms with van der Waals surface area (Å²) in [7, 11) is 0. The number of halogens is 3. The molecule has 2 amide bonds. The SMILES string of the molecule is Cc1ncoc1C(=O)N1CCCC12CCN(C(=O)OC(C)C(F)(F)F)CC2. The molecule has 2 aliphatic rings. The molecule has 2 aliphatic heterocycles. The molecule has 150 valence electrons. The van der Waals surface area contributed by atoms with Gasteiger partial charge >= 0.3 is 12.3 Å². The van der Waals surface area contributed by atoms with Crippen molar-refractivity contribution in [1.82, 2.24) is 14.8 Å². The molecule has 0 saturated carbocycles. The highest BCUT2D eigenvalue weighted by atomic mass is 19.4. The van der Waals surface area contributed by atoms with E-state index in [1.54, 1.807) is 11.8 Å². The third kappa shape index (κ3) is 3.74. The molecule has 3 rings (SSSR count). The lowest BCUT2D eigenvalue weighted by atomic mass is 9.85. The van der Waals surface area contributed by atoms with Crippen LogP contribution in [-0.4, -0.2) is 64.2 Å². The Morgan fingerprint density at radius 3 is 2.48 bits per heavy atom. The second kappa shape index (κ2) is 7.05. The summed E-state index contributed by atoms with van der Waals surface area (Å²) >= 11 is 0. The van der Waals surface area contributed by atoms with Crippen LogP contribution >= 0.6 is 0 Å². The maximum atomic E-state index is 12.8. The van der Waals surface area contributed by atoms with Crippen molar-refractivity contribution in [2.24, 2.45) is 0 Å². The molecule has 1 atom stereocenters. The highest BCUT2D eigenvalue weighted by molar-refractivity contribution is 5.93. The van der Waals surface area contributed by atoms with E-state index in [0.29, 0.717) is 25.1 Å². The van der Waals surface area contributed by atoms with Crippen LogP contribution in [0.5, 0.6) is 0 Å². The third-order valence-electron chi connectivity index (χ3n) is 5.47. The predicted octanol–water partition coefficient (Wildman–Crippen LogP) is 3.14. The monoisotopic (exact) mass is 389 g/mol. The van der Waals surface area contributed by atoms with E-state index in [0.717, 1.165) is 19.8 Å². The fourth-order valence-electron chi connectivity index (χ4n) is 3.80. The Kier molecular flexibility index (Phi) is 5.09. The number of rotatable bonds is 2. The van der Waals surface area contributed by atoms with Crippen LogP contribution in [0.4, 0.5) is 18.0 Å². The maximum absolute atomic E-state index is 12.8. The number of carbonyl (C=O) groups excluding carboxylic acids is 2. The van der Waals surface area contributed by atoms with Crippen molar-refractivity contribution in [3.8, 4) is 0 Å². The summed E-state index contributed by atoms with van der Waals surface area (Å²) in [5.74, 6) is -0.0265. The summed E-state index contributed by atoms with van der Waals surface area (Å²) in [6, 6.07) is 0. The number of carbonyl (C=O) groups is 2. The van der Waals surface area contributed by atoms with Gasteiger partial charge in [0.15, 0.2) is 12.5 Å². The van der Waals surface area contributed by atoms with Crippen LogP contribution in [0.15, 0.2) is 10.8 Å². The number of amides is 2. The molecule has 0 bridgehead atoms. The van der Waals surface area contributed by atoms with Gasteiger partial charge in [0, 0.05) is 25.2 Å². The second-order valence-corrected chi connectivity index (χ2v) is 7.11. The van der Waals surface area contributed by atoms with Gasteiger partial charge in [0.1, 0.15) is 0 Å². The van der Waals surface area contributed by atoms with Crippen LogP contribution < -0.4 is 0 Å². The number of hydrogen-bond acceptors (Lipinski definition) is 5. The molecule has 0 N–H and O–H groups in total. The molecule has 27 heavy (non-hydrogen) atoms. The number of oxazole rings is 1. The number of aryl methyl sites for hydroxylation is 1. The minimum absolute atomic E-state index is 0.206. The number of nitrogens with zero attached hydrogens (tertiary/aromatic N) is 3. The van der Waals surface area contributed by atoms with Gasteiger partial charge in [-0.05, 0) is 39.5 Å². The Labute approximate surface area is 154 Å². The molecule has 10 heteroatoms. The molecular weight excluding hydrogens is 367 g/mol. The van der Waals surface area contributed by atoms with Crippen molar-refractivity contribution >= 4 is 12.0 Å². The summed E-state index contributed by atoms with van der Waals surface area (Å²) in [4.78, 5) is 31.8. The Balaban J connectivity index is 1.64. The van der Waals surface area contributed by atoms with Gasteiger partial charge < -0.3 is 19.0 Å². The van der Waals surface area contributed by atoms with Crippen LogP contribution in [-0.2, 0) is 4.74 Å². The van der Waals surface area contributed by atoms with E-state index in [-0.39, 0.29) is 24.8 Å². The third-order valence-corrected chi connectivity index (χ3v) is 5.47. The summed E-state index contributed by atoms with van der Waals surface area (Å²) in [5.41, 5.74) is 0.104. The molecule has 1 unspecified atom stereocenters. The van der Waals surface area contributed by atoms with Gasteiger partial charge in [-0.3, -0.25) is 4.79 Å². The zero-order valence-electron chi connectivity index (χ0n) is 15.2. The molecule has 0 radical (unpaired) electrons. The highest BCUT2D eigenvalue weighted by Crippen LogP contribution is 2.39. The topological polar surface area (TPSA) is 75.9 Å². The van der Waals surface area contributed by atoms with Crippen LogP contribution in [0, 0.1) is 6.92 Å². The molecule has 2 saturated heterocycles. The first-order chi connectivity index (χ1) is 12.6. The normalized spacial score (nSPS) is 20.8. The van der Waals surface area contributed by atoms with E-state index in [1.807, 2.05) is 0 Å². The van der Waals surface area contributed by atoms with E-state index >= 15 is 0 Å². The summed E-state index contributed by atoms with van der Waals surface area (Å²) in [6.07, 6.45) is -3.90. The van der Waals surface area contributed by atoms with Crippen LogP contribution in [0.3, 0.4) is 0 Å². The number of aromatic nitrogens is 1. The lowest BCUT2D eigenvalue weighted by Gasteiger charge is -2.44. The number of piperidine rings is 1. The minimum atomic E-state index is -4.59. The molecule has 3 heterocycles. The van der Waals surface area contributed by atoms with E-state index in [9.17, 15) is 22.8 Å². The van der Waals surface area contributed by atoms with E-state index in [1.165, 1.54) is 11.3 Å². The minimum Gasteiger partial charge on any atom is -0.438 e. The average molecular weight is 389 g/mol. The first-order valence-corrected chi connectivity index (χ1v) is 8.88. The largest absolute Gasteiger partial charge is 0.438 e. The quantitative estimate of drug-likeness (QED) is 0.777. The number of hydrogen-bond donors (Lipinski definition) is 0. The smallest absolute Gasteiger partial charge is 0.425 e. The van der Waals surface area contributed by atoms with E-state index in [4.69, 9.17) is 4.42 Å². The summed E-state index contributed by atoms with van der Waals surface area (Å²) in [5, 5.41) is 0. The zero-order valence-corrected chi connectivity index (χ0v) is 15.2. The summed E-state index contributed by atoms with van der Waals surface area (Å²) < 4.78 is 47.4. The van der Waals surface area contributed by atoms with Crippen molar-refractivity contribution in [3.63, 3.8) is 0 Å². The maximum Gasteiger partial charge on any atom is 0.425 e. The van der Waals surface area contributed by atoms with Crippen molar-refractivity contribution in [2.75, 3.05) is 19.6 Å². The Hall–Kier alpha value is -2.26. The zero-order chi connectivity index (χ0) is 19.8. The molecule has 0 aromatic carbocycles. The molecule has 2 fully saturated rings. The first-order valence-electron chi connectivity index (χ1n) is 8.88. The van der Waals surface area contributed by atoms with Crippen molar-refractivity contribution in [3.05, 3.63) is 17.8 Å².